The maximum atomic E-state index is 11.8. The van der Waals surface area contributed by atoms with E-state index in [-0.39, 0.29) is 11.6 Å². The van der Waals surface area contributed by atoms with Crippen molar-refractivity contribution in [2.45, 2.75) is 6.54 Å². The number of rotatable bonds is 3. The Morgan fingerprint density at radius 3 is 2.89 bits per heavy atom. The standard InChI is InChI=1S/C13H12ClN3O/c14-10-4-1-3-9(7-10)8-17-13(18)12-11(15)5-2-6-16-12/h1-7H,8,15H2,(H,17,18). The Morgan fingerprint density at radius 2 is 2.17 bits per heavy atom. The normalized spacial score (nSPS) is 10.1. The van der Waals surface area contributed by atoms with E-state index >= 15 is 0 Å². The molecular formula is C13H12ClN3O. The summed E-state index contributed by atoms with van der Waals surface area (Å²) in [7, 11) is 0. The summed E-state index contributed by atoms with van der Waals surface area (Å²) < 4.78 is 0. The first-order valence-electron chi connectivity index (χ1n) is 5.40. The molecule has 1 aromatic carbocycles. The fourth-order valence-electron chi connectivity index (χ4n) is 1.52. The zero-order valence-electron chi connectivity index (χ0n) is 9.56. The third-order valence-corrected chi connectivity index (χ3v) is 2.63. The molecule has 0 bridgehead atoms. The van der Waals surface area contributed by atoms with Crippen molar-refractivity contribution in [3.05, 3.63) is 58.9 Å². The van der Waals surface area contributed by atoms with Gasteiger partial charge in [-0.05, 0) is 29.8 Å². The lowest BCUT2D eigenvalue weighted by molar-refractivity contribution is 0.0947. The minimum Gasteiger partial charge on any atom is -0.397 e. The molecule has 0 unspecified atom stereocenters. The van der Waals surface area contributed by atoms with Crippen LogP contribution in [0.15, 0.2) is 42.6 Å². The number of hydrogen-bond donors (Lipinski definition) is 2. The fraction of sp³-hybridized carbons (Fsp3) is 0.0769. The van der Waals surface area contributed by atoms with Crippen LogP contribution >= 0.6 is 11.6 Å². The number of amides is 1. The van der Waals surface area contributed by atoms with Gasteiger partial charge in [-0.25, -0.2) is 4.98 Å². The molecule has 3 N–H and O–H groups in total. The van der Waals surface area contributed by atoms with Gasteiger partial charge >= 0.3 is 0 Å². The molecule has 0 fully saturated rings. The van der Waals surface area contributed by atoms with Crippen molar-refractivity contribution in [3.63, 3.8) is 0 Å². The number of carbonyl (C=O) groups is 1. The molecule has 0 saturated carbocycles. The fourth-order valence-corrected chi connectivity index (χ4v) is 1.73. The second-order valence-electron chi connectivity index (χ2n) is 3.75. The molecule has 0 radical (unpaired) electrons. The van der Waals surface area contributed by atoms with Crippen molar-refractivity contribution < 1.29 is 4.79 Å². The first-order valence-corrected chi connectivity index (χ1v) is 5.78. The van der Waals surface area contributed by atoms with Crippen molar-refractivity contribution in [3.8, 4) is 0 Å². The van der Waals surface area contributed by atoms with Gasteiger partial charge in [0.1, 0.15) is 0 Å². The topological polar surface area (TPSA) is 68.0 Å². The summed E-state index contributed by atoms with van der Waals surface area (Å²) in [5.74, 6) is -0.298. The number of hydrogen-bond acceptors (Lipinski definition) is 3. The first-order chi connectivity index (χ1) is 8.66. The molecule has 0 aliphatic heterocycles. The lowest BCUT2D eigenvalue weighted by atomic mass is 10.2. The monoisotopic (exact) mass is 261 g/mol. The Morgan fingerprint density at radius 1 is 1.33 bits per heavy atom. The lowest BCUT2D eigenvalue weighted by Gasteiger charge is -2.06. The van der Waals surface area contributed by atoms with Crippen LogP contribution in [0, 0.1) is 0 Å². The highest BCUT2D eigenvalue weighted by Crippen LogP contribution is 2.11. The number of nitrogens with zero attached hydrogens (tertiary/aromatic N) is 1. The number of nitrogen functional groups attached to an aromatic ring is 1. The number of carbonyl (C=O) groups excluding carboxylic acids is 1. The minimum absolute atomic E-state index is 0.236. The lowest BCUT2D eigenvalue weighted by Crippen LogP contribution is -2.24. The number of aromatic nitrogens is 1. The highest BCUT2D eigenvalue weighted by Gasteiger charge is 2.09. The Balaban J connectivity index is 2.03. The molecule has 0 spiro atoms. The van der Waals surface area contributed by atoms with Crippen molar-refractivity contribution >= 4 is 23.2 Å². The van der Waals surface area contributed by atoms with Crippen LogP contribution in [0.4, 0.5) is 5.69 Å². The van der Waals surface area contributed by atoms with Crippen molar-refractivity contribution in [2.75, 3.05) is 5.73 Å². The van der Waals surface area contributed by atoms with Crippen molar-refractivity contribution in [1.29, 1.82) is 0 Å². The Hall–Kier alpha value is -2.07. The van der Waals surface area contributed by atoms with Crippen LogP contribution in [0.2, 0.25) is 5.02 Å². The third kappa shape index (κ3) is 2.99. The van der Waals surface area contributed by atoms with Crippen LogP contribution in [-0.2, 0) is 6.54 Å². The average Bonchev–Trinajstić information content (AvgIpc) is 2.37. The number of benzene rings is 1. The highest BCUT2D eigenvalue weighted by molar-refractivity contribution is 6.30. The van der Waals surface area contributed by atoms with E-state index in [1.807, 2.05) is 12.1 Å². The van der Waals surface area contributed by atoms with E-state index in [1.54, 1.807) is 24.3 Å². The van der Waals surface area contributed by atoms with E-state index in [0.29, 0.717) is 17.3 Å². The molecule has 1 amide bonds. The summed E-state index contributed by atoms with van der Waals surface area (Å²) in [6, 6.07) is 10.6. The van der Waals surface area contributed by atoms with Gasteiger partial charge in [-0.2, -0.15) is 0 Å². The largest absolute Gasteiger partial charge is 0.397 e. The van der Waals surface area contributed by atoms with Gasteiger partial charge in [-0.15, -0.1) is 0 Å². The van der Waals surface area contributed by atoms with Crippen LogP contribution in [0.1, 0.15) is 16.1 Å². The van der Waals surface area contributed by atoms with Crippen LogP contribution in [0.3, 0.4) is 0 Å². The quantitative estimate of drug-likeness (QED) is 0.890. The molecule has 0 atom stereocenters. The molecular weight excluding hydrogens is 250 g/mol. The molecule has 0 aliphatic carbocycles. The van der Waals surface area contributed by atoms with Gasteiger partial charge in [-0.3, -0.25) is 4.79 Å². The average molecular weight is 262 g/mol. The third-order valence-electron chi connectivity index (χ3n) is 2.40. The first kappa shape index (κ1) is 12.4. The predicted octanol–water partition coefficient (Wildman–Crippen LogP) is 2.25. The Labute approximate surface area is 110 Å². The summed E-state index contributed by atoms with van der Waals surface area (Å²) >= 11 is 5.86. The van der Waals surface area contributed by atoms with Crippen LogP contribution in [0.25, 0.3) is 0 Å². The van der Waals surface area contributed by atoms with Gasteiger partial charge in [0.15, 0.2) is 5.69 Å². The van der Waals surface area contributed by atoms with E-state index < -0.39 is 0 Å². The van der Waals surface area contributed by atoms with Gasteiger partial charge in [0.2, 0.25) is 0 Å². The molecule has 0 aliphatic rings. The Kier molecular flexibility index (Phi) is 3.79. The van der Waals surface area contributed by atoms with Gasteiger partial charge in [0, 0.05) is 17.8 Å². The van der Waals surface area contributed by atoms with Gasteiger partial charge in [0.25, 0.3) is 5.91 Å². The summed E-state index contributed by atoms with van der Waals surface area (Å²) in [5.41, 5.74) is 7.19. The molecule has 2 aromatic rings. The molecule has 1 heterocycles. The van der Waals surface area contributed by atoms with E-state index in [0.717, 1.165) is 5.56 Å². The Bertz CT molecular complexity index is 572. The number of pyridine rings is 1. The van der Waals surface area contributed by atoms with E-state index in [4.69, 9.17) is 17.3 Å². The number of halogens is 1. The maximum Gasteiger partial charge on any atom is 0.272 e. The molecule has 2 rings (SSSR count). The summed E-state index contributed by atoms with van der Waals surface area (Å²) in [6.07, 6.45) is 1.53. The molecule has 0 saturated heterocycles. The summed E-state index contributed by atoms with van der Waals surface area (Å²) in [5, 5.41) is 3.38. The van der Waals surface area contributed by atoms with Gasteiger partial charge < -0.3 is 11.1 Å². The molecule has 5 heteroatoms. The molecule has 4 nitrogen and oxygen atoms in total. The minimum atomic E-state index is -0.298. The number of nitrogens with one attached hydrogen (secondary N) is 1. The number of anilines is 1. The van der Waals surface area contributed by atoms with Crippen LogP contribution < -0.4 is 11.1 Å². The highest BCUT2D eigenvalue weighted by atomic mass is 35.5. The second kappa shape index (κ2) is 5.51. The van der Waals surface area contributed by atoms with Gasteiger partial charge in [-0.1, -0.05) is 23.7 Å². The van der Waals surface area contributed by atoms with E-state index in [2.05, 4.69) is 10.3 Å². The number of nitrogens with two attached hydrogens (primary N) is 1. The molecule has 18 heavy (non-hydrogen) atoms. The van der Waals surface area contributed by atoms with Gasteiger partial charge in [0.05, 0.1) is 5.69 Å². The SMILES string of the molecule is Nc1cccnc1C(=O)NCc1cccc(Cl)c1. The summed E-state index contributed by atoms with van der Waals surface area (Å²) in [6.45, 7) is 0.384. The second-order valence-corrected chi connectivity index (χ2v) is 4.19. The van der Waals surface area contributed by atoms with Crippen LogP contribution in [0.5, 0.6) is 0 Å². The van der Waals surface area contributed by atoms with Crippen molar-refractivity contribution in [2.24, 2.45) is 0 Å². The zero-order valence-corrected chi connectivity index (χ0v) is 10.3. The molecule has 1 aromatic heterocycles. The smallest absolute Gasteiger partial charge is 0.272 e. The molecule has 92 valence electrons. The zero-order chi connectivity index (χ0) is 13.0. The maximum absolute atomic E-state index is 11.8. The van der Waals surface area contributed by atoms with E-state index in [9.17, 15) is 4.79 Å². The summed E-state index contributed by atoms with van der Waals surface area (Å²) in [4.78, 5) is 15.8. The van der Waals surface area contributed by atoms with Crippen molar-refractivity contribution in [1.82, 2.24) is 10.3 Å². The van der Waals surface area contributed by atoms with Crippen LogP contribution in [-0.4, -0.2) is 10.9 Å². The van der Waals surface area contributed by atoms with E-state index in [1.165, 1.54) is 6.20 Å². The predicted molar refractivity (Wildman–Crippen MR) is 71.3 cm³/mol.